The fourth-order valence-electron chi connectivity index (χ4n) is 2.99. The number of pyridine rings is 1. The topological polar surface area (TPSA) is 50.9 Å². The molecule has 1 unspecified atom stereocenters. The van der Waals surface area contributed by atoms with Crippen molar-refractivity contribution >= 4 is 33.2 Å². The van der Waals surface area contributed by atoms with Crippen LogP contribution in [0.15, 0.2) is 24.4 Å². The average molecular weight is 334 g/mol. The van der Waals surface area contributed by atoms with Gasteiger partial charge in [0.25, 0.3) is 0 Å². The zero-order valence-corrected chi connectivity index (χ0v) is 13.7. The Bertz CT molecular complexity index is 837. The van der Waals surface area contributed by atoms with Gasteiger partial charge in [-0.25, -0.2) is 4.98 Å². The number of nitrogens with zero attached hydrogens (tertiary/aromatic N) is 3. The number of hydrogen-bond acceptors (Lipinski definition) is 4. The molecule has 1 aliphatic carbocycles. The number of aliphatic hydroxyl groups is 1. The summed E-state index contributed by atoms with van der Waals surface area (Å²) in [6, 6.07) is 5.90. The fraction of sp³-hybridized carbons (Fsp3) is 0.375. The van der Waals surface area contributed by atoms with E-state index in [1.165, 1.54) is 17.8 Å². The molecule has 3 aromatic rings. The van der Waals surface area contributed by atoms with Crippen molar-refractivity contribution < 1.29 is 5.11 Å². The Balaban J connectivity index is 1.86. The molecule has 1 fully saturated rings. The van der Waals surface area contributed by atoms with Gasteiger partial charge in [-0.05, 0) is 37.0 Å². The summed E-state index contributed by atoms with van der Waals surface area (Å²) in [5.41, 5.74) is 2.01. The Labute approximate surface area is 137 Å². The van der Waals surface area contributed by atoms with Crippen molar-refractivity contribution in [2.75, 3.05) is 0 Å². The van der Waals surface area contributed by atoms with Gasteiger partial charge in [-0.3, -0.25) is 4.68 Å². The third-order valence-corrected chi connectivity index (χ3v) is 5.77. The third-order valence-electron chi connectivity index (χ3n) is 4.48. The van der Waals surface area contributed by atoms with Crippen LogP contribution in [0.3, 0.4) is 0 Å². The molecule has 0 bridgehead atoms. The molecular formula is C16H16ClN3OS. The van der Waals surface area contributed by atoms with Crippen LogP contribution in [-0.4, -0.2) is 19.9 Å². The van der Waals surface area contributed by atoms with Gasteiger partial charge < -0.3 is 5.11 Å². The lowest BCUT2D eigenvalue weighted by Gasteiger charge is -2.29. The summed E-state index contributed by atoms with van der Waals surface area (Å²) in [7, 11) is 1.91. The molecule has 1 aliphatic rings. The summed E-state index contributed by atoms with van der Waals surface area (Å²) < 4.78 is 1.82. The van der Waals surface area contributed by atoms with Gasteiger partial charge in [0.05, 0.1) is 11.8 Å². The molecule has 0 aliphatic heterocycles. The molecule has 3 heterocycles. The number of aliphatic hydroxyl groups excluding tert-OH is 1. The zero-order valence-electron chi connectivity index (χ0n) is 12.2. The van der Waals surface area contributed by atoms with Crippen LogP contribution >= 0.6 is 22.9 Å². The average Bonchev–Trinajstić information content (AvgIpc) is 3.01. The summed E-state index contributed by atoms with van der Waals surface area (Å²) in [5, 5.41) is 16.2. The van der Waals surface area contributed by atoms with E-state index in [-0.39, 0.29) is 6.10 Å². The van der Waals surface area contributed by atoms with E-state index in [0.29, 0.717) is 11.1 Å². The molecule has 0 aromatic carbocycles. The molecule has 6 heteroatoms. The molecule has 114 valence electrons. The number of aromatic nitrogens is 3. The van der Waals surface area contributed by atoms with Gasteiger partial charge in [0.1, 0.15) is 9.98 Å². The second-order valence-corrected chi connectivity index (χ2v) is 7.29. The van der Waals surface area contributed by atoms with Crippen LogP contribution in [0.1, 0.15) is 30.2 Å². The monoisotopic (exact) mass is 333 g/mol. The molecule has 4 nitrogen and oxygen atoms in total. The van der Waals surface area contributed by atoms with E-state index in [2.05, 4.69) is 16.1 Å². The van der Waals surface area contributed by atoms with Crippen molar-refractivity contribution in [3.8, 4) is 11.3 Å². The Morgan fingerprint density at radius 3 is 2.86 bits per heavy atom. The molecule has 1 N–H and O–H groups in total. The van der Waals surface area contributed by atoms with Crippen LogP contribution in [0.2, 0.25) is 5.15 Å². The highest BCUT2D eigenvalue weighted by atomic mass is 35.5. The van der Waals surface area contributed by atoms with E-state index in [0.717, 1.165) is 39.2 Å². The Morgan fingerprint density at radius 2 is 2.23 bits per heavy atom. The van der Waals surface area contributed by atoms with Gasteiger partial charge in [-0.15, -0.1) is 11.3 Å². The first-order chi connectivity index (χ1) is 10.6. The van der Waals surface area contributed by atoms with Gasteiger partial charge in [0, 0.05) is 29.1 Å². The zero-order chi connectivity index (χ0) is 15.3. The largest absolute Gasteiger partial charge is 0.387 e. The van der Waals surface area contributed by atoms with Crippen molar-refractivity contribution in [1.29, 1.82) is 0 Å². The number of halogens is 1. The Kier molecular flexibility index (Phi) is 3.44. The second-order valence-electron chi connectivity index (χ2n) is 5.84. The minimum atomic E-state index is -0.383. The summed E-state index contributed by atoms with van der Waals surface area (Å²) in [5.74, 6) is 0.392. The summed E-state index contributed by atoms with van der Waals surface area (Å²) >= 11 is 7.73. The van der Waals surface area contributed by atoms with Crippen LogP contribution in [-0.2, 0) is 7.05 Å². The van der Waals surface area contributed by atoms with Crippen LogP contribution in [0.25, 0.3) is 21.5 Å². The van der Waals surface area contributed by atoms with E-state index in [9.17, 15) is 5.11 Å². The smallest absolute Gasteiger partial charge is 0.131 e. The molecule has 0 amide bonds. The molecule has 4 rings (SSSR count). The fourth-order valence-corrected chi connectivity index (χ4v) is 4.37. The lowest BCUT2D eigenvalue weighted by molar-refractivity contribution is 0.0650. The maximum atomic E-state index is 10.5. The maximum absolute atomic E-state index is 10.5. The molecule has 0 spiro atoms. The van der Waals surface area contributed by atoms with Gasteiger partial charge in [0.15, 0.2) is 0 Å². The van der Waals surface area contributed by atoms with E-state index < -0.39 is 0 Å². The van der Waals surface area contributed by atoms with Gasteiger partial charge in [-0.2, -0.15) is 5.10 Å². The summed E-state index contributed by atoms with van der Waals surface area (Å²) in [4.78, 5) is 6.28. The molecule has 1 atom stereocenters. The predicted molar refractivity (Wildman–Crippen MR) is 89.1 cm³/mol. The maximum Gasteiger partial charge on any atom is 0.131 e. The predicted octanol–water partition coefficient (Wildman–Crippen LogP) is 4.18. The number of rotatable bonds is 3. The summed E-state index contributed by atoms with van der Waals surface area (Å²) in [6.45, 7) is 0. The number of hydrogen-bond donors (Lipinski definition) is 1. The lowest BCUT2D eigenvalue weighted by Crippen LogP contribution is -2.19. The lowest BCUT2D eigenvalue weighted by atomic mass is 9.80. The Hall–Kier alpha value is -1.43. The van der Waals surface area contributed by atoms with Crippen molar-refractivity contribution in [1.82, 2.24) is 14.8 Å². The van der Waals surface area contributed by atoms with Gasteiger partial charge >= 0.3 is 0 Å². The van der Waals surface area contributed by atoms with Crippen LogP contribution in [0.5, 0.6) is 0 Å². The first-order valence-electron chi connectivity index (χ1n) is 7.40. The molecule has 0 saturated heterocycles. The van der Waals surface area contributed by atoms with E-state index >= 15 is 0 Å². The van der Waals surface area contributed by atoms with Crippen molar-refractivity contribution in [3.05, 3.63) is 34.4 Å². The van der Waals surface area contributed by atoms with Crippen molar-refractivity contribution in [2.45, 2.75) is 25.4 Å². The van der Waals surface area contributed by atoms with Crippen LogP contribution in [0, 0.1) is 5.92 Å². The minimum absolute atomic E-state index is 0.383. The van der Waals surface area contributed by atoms with Crippen molar-refractivity contribution in [3.63, 3.8) is 0 Å². The minimum Gasteiger partial charge on any atom is -0.387 e. The number of fused-ring (bicyclic) bond motifs is 1. The quantitative estimate of drug-likeness (QED) is 0.731. The van der Waals surface area contributed by atoms with Crippen LogP contribution in [0.4, 0.5) is 0 Å². The first kappa shape index (κ1) is 14.2. The highest BCUT2D eigenvalue weighted by Crippen LogP contribution is 2.43. The van der Waals surface area contributed by atoms with Crippen LogP contribution < -0.4 is 0 Å². The first-order valence-corrected chi connectivity index (χ1v) is 8.59. The molecule has 1 saturated carbocycles. The normalized spacial score (nSPS) is 16.9. The van der Waals surface area contributed by atoms with Gasteiger partial charge in [0.2, 0.25) is 0 Å². The molecular weight excluding hydrogens is 318 g/mol. The number of thiophene rings is 1. The Morgan fingerprint density at radius 1 is 1.41 bits per heavy atom. The third kappa shape index (κ3) is 2.24. The van der Waals surface area contributed by atoms with Gasteiger partial charge in [-0.1, -0.05) is 18.0 Å². The van der Waals surface area contributed by atoms with E-state index in [4.69, 9.17) is 11.6 Å². The molecule has 0 radical (unpaired) electrons. The highest BCUT2D eigenvalue weighted by Gasteiger charge is 2.28. The second kappa shape index (κ2) is 5.33. The van der Waals surface area contributed by atoms with E-state index in [1.807, 2.05) is 23.9 Å². The summed E-state index contributed by atoms with van der Waals surface area (Å²) in [6.07, 6.45) is 4.82. The molecule has 22 heavy (non-hydrogen) atoms. The highest BCUT2D eigenvalue weighted by molar-refractivity contribution is 7.18. The molecule has 3 aromatic heterocycles. The SMILES string of the molecule is Cn1nccc1-c1cc(Cl)nc2sc(C(O)C3CCC3)cc12. The standard InChI is InChI=1S/C16H16ClN3OS/c1-20-12(5-6-18-20)10-8-14(17)19-16-11(10)7-13(22-16)15(21)9-3-2-4-9/h5-9,15,21H,2-4H2,1H3. The van der Waals surface area contributed by atoms with Crippen molar-refractivity contribution in [2.24, 2.45) is 13.0 Å². The van der Waals surface area contributed by atoms with E-state index in [1.54, 1.807) is 6.20 Å². The number of aryl methyl sites for hydroxylation is 1.